The fourth-order valence-corrected chi connectivity index (χ4v) is 3.42. The third kappa shape index (κ3) is 3.78. The molecule has 0 atom stereocenters. The highest BCUT2D eigenvalue weighted by Crippen LogP contribution is 2.36. The molecule has 0 fully saturated rings. The van der Waals surface area contributed by atoms with E-state index in [1.807, 2.05) is 0 Å². The molecule has 0 spiro atoms. The lowest BCUT2D eigenvalue weighted by atomic mass is 10.0. The molecule has 3 aromatic carbocycles. The molecule has 3 aromatic rings. The molecule has 32 heavy (non-hydrogen) atoms. The third-order valence-electron chi connectivity index (χ3n) is 4.92. The highest BCUT2D eigenvalue weighted by molar-refractivity contribution is 6.46. The number of imide groups is 1. The fraction of sp³-hybridized carbons (Fsp3) is 0.0833. The lowest BCUT2D eigenvalue weighted by Gasteiger charge is -2.16. The first-order valence-electron chi connectivity index (χ1n) is 9.56. The van der Waals surface area contributed by atoms with Crippen LogP contribution in [0, 0.1) is 11.6 Å². The molecule has 0 unspecified atom stereocenters. The lowest BCUT2D eigenvalue weighted by Crippen LogP contribution is -2.33. The van der Waals surface area contributed by atoms with Crippen LogP contribution in [-0.2, 0) is 9.59 Å². The first-order chi connectivity index (χ1) is 15.4. The third-order valence-corrected chi connectivity index (χ3v) is 4.92. The predicted molar refractivity (Wildman–Crippen MR) is 115 cm³/mol. The molecule has 0 saturated heterocycles. The van der Waals surface area contributed by atoms with Crippen molar-refractivity contribution in [1.29, 1.82) is 0 Å². The number of carbonyl (C=O) groups is 2. The number of halogens is 2. The van der Waals surface area contributed by atoms with E-state index in [1.165, 1.54) is 14.2 Å². The van der Waals surface area contributed by atoms with E-state index in [-0.39, 0.29) is 11.3 Å². The minimum Gasteiger partial charge on any atom is -0.497 e. The summed E-state index contributed by atoms with van der Waals surface area (Å²) in [6, 6.07) is 15.9. The van der Waals surface area contributed by atoms with Gasteiger partial charge in [0.05, 0.1) is 25.5 Å². The van der Waals surface area contributed by atoms with Gasteiger partial charge in [0.1, 0.15) is 28.8 Å². The Balaban J connectivity index is 1.85. The van der Waals surface area contributed by atoms with Crippen LogP contribution in [-0.4, -0.2) is 26.0 Å². The van der Waals surface area contributed by atoms with Gasteiger partial charge in [-0.25, -0.2) is 13.7 Å². The van der Waals surface area contributed by atoms with Crippen LogP contribution in [0.25, 0.3) is 5.57 Å². The highest BCUT2D eigenvalue weighted by Gasteiger charge is 2.41. The monoisotopic (exact) mass is 436 g/mol. The Bertz CT molecular complexity index is 1220. The van der Waals surface area contributed by atoms with Crippen molar-refractivity contribution in [2.75, 3.05) is 24.4 Å². The van der Waals surface area contributed by atoms with Gasteiger partial charge in [-0.15, -0.1) is 0 Å². The smallest absolute Gasteiger partial charge is 0.282 e. The van der Waals surface area contributed by atoms with Gasteiger partial charge in [-0.1, -0.05) is 30.3 Å². The van der Waals surface area contributed by atoms with Crippen molar-refractivity contribution in [3.63, 3.8) is 0 Å². The molecule has 1 aliphatic rings. The maximum Gasteiger partial charge on any atom is 0.282 e. The molecule has 2 amide bonds. The number of hydrogen-bond donors (Lipinski definition) is 1. The van der Waals surface area contributed by atoms with Crippen LogP contribution in [0.2, 0.25) is 0 Å². The second-order valence-corrected chi connectivity index (χ2v) is 6.88. The van der Waals surface area contributed by atoms with Gasteiger partial charge in [-0.05, 0) is 17.7 Å². The molecule has 0 bridgehead atoms. The van der Waals surface area contributed by atoms with E-state index in [2.05, 4.69) is 5.32 Å². The molecule has 1 aliphatic heterocycles. The highest BCUT2D eigenvalue weighted by atomic mass is 19.1. The molecule has 0 radical (unpaired) electrons. The Morgan fingerprint density at radius 1 is 0.812 bits per heavy atom. The van der Waals surface area contributed by atoms with Crippen molar-refractivity contribution in [3.8, 4) is 11.5 Å². The van der Waals surface area contributed by atoms with Crippen LogP contribution in [0.4, 0.5) is 20.2 Å². The molecular formula is C24H18F2N2O4. The van der Waals surface area contributed by atoms with Crippen molar-refractivity contribution in [2.24, 2.45) is 0 Å². The summed E-state index contributed by atoms with van der Waals surface area (Å²) in [5.41, 5.74) is 0.338. The number of ether oxygens (including phenoxy) is 2. The Labute approximate surface area is 182 Å². The van der Waals surface area contributed by atoms with E-state index in [0.29, 0.717) is 27.6 Å². The normalized spacial score (nSPS) is 13.6. The van der Waals surface area contributed by atoms with Crippen molar-refractivity contribution in [2.45, 2.75) is 0 Å². The zero-order valence-corrected chi connectivity index (χ0v) is 17.2. The van der Waals surface area contributed by atoms with E-state index in [9.17, 15) is 18.4 Å². The quantitative estimate of drug-likeness (QED) is 0.581. The van der Waals surface area contributed by atoms with Crippen LogP contribution in [0.5, 0.6) is 11.5 Å². The van der Waals surface area contributed by atoms with Gasteiger partial charge >= 0.3 is 0 Å². The Kier molecular flexibility index (Phi) is 5.59. The number of amides is 2. The number of nitrogens with one attached hydrogen (secondary N) is 1. The summed E-state index contributed by atoms with van der Waals surface area (Å²) in [7, 11) is 2.96. The summed E-state index contributed by atoms with van der Waals surface area (Å²) >= 11 is 0. The van der Waals surface area contributed by atoms with Crippen molar-refractivity contribution in [3.05, 3.63) is 89.6 Å². The first kappa shape index (κ1) is 21.0. The summed E-state index contributed by atoms with van der Waals surface area (Å²) in [5.74, 6) is -2.35. The van der Waals surface area contributed by atoms with Crippen molar-refractivity contribution < 1.29 is 27.8 Å². The van der Waals surface area contributed by atoms with E-state index < -0.39 is 29.1 Å². The summed E-state index contributed by atoms with van der Waals surface area (Å²) in [5, 5.41) is 2.94. The molecule has 8 heteroatoms. The van der Waals surface area contributed by atoms with Gasteiger partial charge in [0.25, 0.3) is 11.8 Å². The molecule has 0 saturated carbocycles. The van der Waals surface area contributed by atoms with Gasteiger partial charge in [-0.3, -0.25) is 9.59 Å². The largest absolute Gasteiger partial charge is 0.497 e. The van der Waals surface area contributed by atoms with Gasteiger partial charge in [0.15, 0.2) is 0 Å². The Morgan fingerprint density at radius 3 is 2.09 bits per heavy atom. The van der Waals surface area contributed by atoms with E-state index in [0.717, 1.165) is 18.2 Å². The first-order valence-corrected chi connectivity index (χ1v) is 9.56. The average Bonchev–Trinajstić information content (AvgIpc) is 3.04. The minimum atomic E-state index is -0.898. The van der Waals surface area contributed by atoms with E-state index >= 15 is 0 Å². The second-order valence-electron chi connectivity index (χ2n) is 6.88. The zero-order valence-electron chi connectivity index (χ0n) is 17.2. The lowest BCUT2D eigenvalue weighted by molar-refractivity contribution is -0.120. The van der Waals surface area contributed by atoms with Crippen LogP contribution < -0.4 is 19.7 Å². The van der Waals surface area contributed by atoms with E-state index in [1.54, 1.807) is 48.5 Å². The number of methoxy groups -OCH3 is 2. The average molecular weight is 436 g/mol. The molecule has 0 aliphatic carbocycles. The topological polar surface area (TPSA) is 67.9 Å². The van der Waals surface area contributed by atoms with Gasteiger partial charge in [0.2, 0.25) is 0 Å². The standard InChI is InChI=1S/C24H18F2N2O4/c1-31-17-11-16(12-18(13-17)32-2)27-22-21(14-6-4-3-5-7-14)23(29)28(24(22)30)20-10-15(25)8-9-19(20)26/h3-13,27H,1-2H3. The summed E-state index contributed by atoms with van der Waals surface area (Å²) < 4.78 is 38.8. The number of nitrogens with zero attached hydrogens (tertiary/aromatic N) is 1. The van der Waals surface area contributed by atoms with Crippen LogP contribution in [0.15, 0.2) is 72.4 Å². The maximum atomic E-state index is 14.5. The minimum absolute atomic E-state index is 0.0287. The summed E-state index contributed by atoms with van der Waals surface area (Å²) in [4.78, 5) is 27.2. The molecular weight excluding hydrogens is 418 g/mol. The number of carbonyl (C=O) groups excluding carboxylic acids is 2. The molecule has 6 nitrogen and oxygen atoms in total. The molecule has 4 rings (SSSR count). The summed E-state index contributed by atoms with van der Waals surface area (Å²) in [6.45, 7) is 0. The van der Waals surface area contributed by atoms with Gasteiger partial charge < -0.3 is 14.8 Å². The van der Waals surface area contributed by atoms with Crippen LogP contribution in [0.1, 0.15) is 5.56 Å². The number of benzene rings is 3. The maximum absolute atomic E-state index is 14.5. The number of anilines is 2. The Morgan fingerprint density at radius 2 is 1.47 bits per heavy atom. The fourth-order valence-electron chi connectivity index (χ4n) is 3.42. The molecule has 162 valence electrons. The van der Waals surface area contributed by atoms with E-state index in [4.69, 9.17) is 9.47 Å². The summed E-state index contributed by atoms with van der Waals surface area (Å²) in [6.07, 6.45) is 0. The molecule has 0 aromatic heterocycles. The molecule has 1 N–H and O–H groups in total. The number of rotatable bonds is 6. The SMILES string of the molecule is COc1cc(NC2=C(c3ccccc3)C(=O)N(c3cc(F)ccc3F)C2=O)cc(OC)c1. The van der Waals surface area contributed by atoms with Gasteiger partial charge in [0, 0.05) is 30.0 Å². The van der Waals surface area contributed by atoms with Crippen LogP contribution >= 0.6 is 0 Å². The second kappa shape index (κ2) is 8.50. The van der Waals surface area contributed by atoms with Crippen molar-refractivity contribution in [1.82, 2.24) is 0 Å². The molecule has 1 heterocycles. The zero-order chi connectivity index (χ0) is 22.8. The van der Waals surface area contributed by atoms with Crippen LogP contribution in [0.3, 0.4) is 0 Å². The number of hydrogen-bond acceptors (Lipinski definition) is 5. The Hall–Kier alpha value is -4.20. The predicted octanol–water partition coefficient (Wildman–Crippen LogP) is 4.38. The van der Waals surface area contributed by atoms with Gasteiger partial charge in [-0.2, -0.15) is 0 Å². The van der Waals surface area contributed by atoms with Crippen molar-refractivity contribution >= 4 is 28.8 Å².